The zero-order valence-electron chi connectivity index (χ0n) is 11.2. The van der Waals surface area contributed by atoms with E-state index in [1.807, 2.05) is 25.7 Å². The summed E-state index contributed by atoms with van der Waals surface area (Å²) in [6.45, 7) is 11.3. The molecule has 1 rings (SSSR count). The lowest BCUT2D eigenvalue weighted by Gasteiger charge is -2.37. The van der Waals surface area contributed by atoms with E-state index < -0.39 is 0 Å². The lowest BCUT2D eigenvalue weighted by Crippen LogP contribution is -2.47. The summed E-state index contributed by atoms with van der Waals surface area (Å²) in [6.07, 6.45) is 2.34. The Bertz CT molecular complexity index is 245. The second-order valence-corrected chi connectivity index (χ2v) is 5.98. The lowest BCUT2D eigenvalue weighted by molar-refractivity contribution is -0.145. The van der Waals surface area contributed by atoms with Crippen LogP contribution in [0.5, 0.6) is 0 Å². The lowest BCUT2D eigenvalue weighted by atomic mass is 9.95. The number of nitrogens with zero attached hydrogens (tertiary/aromatic N) is 1. The first-order chi connectivity index (χ1) is 7.29. The molecule has 1 saturated heterocycles. The van der Waals surface area contributed by atoms with Crippen LogP contribution in [0.1, 0.15) is 47.5 Å². The van der Waals surface area contributed by atoms with Crippen LogP contribution in [0.3, 0.4) is 0 Å². The van der Waals surface area contributed by atoms with Gasteiger partial charge in [-0.3, -0.25) is 4.79 Å². The van der Waals surface area contributed by atoms with Gasteiger partial charge in [0.2, 0.25) is 5.91 Å². The maximum Gasteiger partial charge on any atom is 0.248 e. The second-order valence-electron chi connectivity index (χ2n) is 5.98. The second kappa shape index (κ2) is 5.17. The monoisotopic (exact) mass is 227 g/mol. The molecule has 1 aliphatic rings. The Labute approximate surface area is 99.1 Å². The topological polar surface area (TPSA) is 29.5 Å². The zero-order valence-corrected chi connectivity index (χ0v) is 11.2. The van der Waals surface area contributed by atoms with Gasteiger partial charge in [0.1, 0.15) is 6.61 Å². The number of hydrogen-bond donors (Lipinski definition) is 0. The van der Waals surface area contributed by atoms with Crippen molar-refractivity contribution in [3.05, 3.63) is 0 Å². The van der Waals surface area contributed by atoms with Crippen LogP contribution in [0.4, 0.5) is 0 Å². The van der Waals surface area contributed by atoms with E-state index in [2.05, 4.69) is 13.8 Å². The number of rotatable bonds is 2. The van der Waals surface area contributed by atoms with Crippen LogP contribution >= 0.6 is 0 Å². The smallest absolute Gasteiger partial charge is 0.248 e. The van der Waals surface area contributed by atoms with Gasteiger partial charge in [0, 0.05) is 12.6 Å². The summed E-state index contributed by atoms with van der Waals surface area (Å²) < 4.78 is 5.54. The highest BCUT2D eigenvalue weighted by atomic mass is 16.5. The summed E-state index contributed by atoms with van der Waals surface area (Å²) in [4.78, 5) is 14.0. The van der Waals surface area contributed by atoms with E-state index in [4.69, 9.17) is 4.74 Å². The highest BCUT2D eigenvalue weighted by Crippen LogP contribution is 2.21. The van der Waals surface area contributed by atoms with E-state index in [0.717, 1.165) is 13.0 Å². The van der Waals surface area contributed by atoms with E-state index >= 15 is 0 Å². The van der Waals surface area contributed by atoms with Gasteiger partial charge in [-0.2, -0.15) is 0 Å². The third-order valence-electron chi connectivity index (χ3n) is 3.07. The van der Waals surface area contributed by atoms with Crippen molar-refractivity contribution in [2.75, 3.05) is 13.2 Å². The fourth-order valence-corrected chi connectivity index (χ4v) is 2.00. The fraction of sp³-hybridized carbons (Fsp3) is 0.923. The van der Waals surface area contributed by atoms with Gasteiger partial charge in [-0.1, -0.05) is 6.92 Å². The summed E-state index contributed by atoms with van der Waals surface area (Å²) in [5.74, 6) is 0.753. The van der Waals surface area contributed by atoms with Gasteiger partial charge >= 0.3 is 0 Å². The van der Waals surface area contributed by atoms with Crippen LogP contribution in [-0.2, 0) is 9.53 Å². The molecule has 0 aromatic heterocycles. The van der Waals surface area contributed by atoms with Crippen molar-refractivity contribution in [2.45, 2.75) is 59.1 Å². The SMILES string of the molecule is CC1CCC(C)N(C(=O)COC(C)(C)C)C1. The van der Waals surface area contributed by atoms with Gasteiger partial charge in [0.05, 0.1) is 5.60 Å². The molecule has 0 spiro atoms. The van der Waals surface area contributed by atoms with Crippen LogP contribution in [-0.4, -0.2) is 35.6 Å². The first kappa shape index (κ1) is 13.5. The van der Waals surface area contributed by atoms with E-state index in [9.17, 15) is 4.79 Å². The van der Waals surface area contributed by atoms with E-state index in [1.54, 1.807) is 0 Å². The highest BCUT2D eigenvalue weighted by Gasteiger charge is 2.27. The standard InChI is InChI=1S/C13H25NO2/c1-10-6-7-11(2)14(8-10)12(15)9-16-13(3,4)5/h10-11H,6-9H2,1-5H3. The molecule has 94 valence electrons. The molecule has 0 aromatic rings. The average molecular weight is 227 g/mol. The number of likely N-dealkylation sites (tertiary alicyclic amines) is 1. The molecule has 0 saturated carbocycles. The molecular weight excluding hydrogens is 202 g/mol. The summed E-state index contributed by atoms with van der Waals surface area (Å²) >= 11 is 0. The molecule has 0 N–H and O–H groups in total. The summed E-state index contributed by atoms with van der Waals surface area (Å²) in [6, 6.07) is 0.368. The maximum atomic E-state index is 12.0. The number of piperidine rings is 1. The third-order valence-corrected chi connectivity index (χ3v) is 3.07. The van der Waals surface area contributed by atoms with Crippen LogP contribution < -0.4 is 0 Å². The van der Waals surface area contributed by atoms with E-state index in [0.29, 0.717) is 12.0 Å². The molecular formula is C13H25NO2. The summed E-state index contributed by atoms with van der Waals surface area (Å²) in [5, 5.41) is 0. The average Bonchev–Trinajstić information content (AvgIpc) is 2.17. The molecule has 16 heavy (non-hydrogen) atoms. The van der Waals surface area contributed by atoms with Gasteiger partial charge in [0.15, 0.2) is 0 Å². The van der Waals surface area contributed by atoms with Crippen molar-refractivity contribution < 1.29 is 9.53 Å². The van der Waals surface area contributed by atoms with E-state index in [1.165, 1.54) is 6.42 Å². The minimum atomic E-state index is -0.236. The van der Waals surface area contributed by atoms with Gasteiger partial charge in [0.25, 0.3) is 0 Å². The number of amides is 1. The molecule has 0 radical (unpaired) electrons. The molecule has 1 fully saturated rings. The molecule has 1 aliphatic heterocycles. The van der Waals surface area contributed by atoms with Gasteiger partial charge in [-0.25, -0.2) is 0 Å². The Morgan fingerprint density at radius 2 is 1.94 bits per heavy atom. The molecule has 3 nitrogen and oxygen atoms in total. The minimum Gasteiger partial charge on any atom is -0.366 e. The quantitative estimate of drug-likeness (QED) is 0.725. The summed E-state index contributed by atoms with van der Waals surface area (Å²) in [5.41, 5.74) is -0.236. The predicted molar refractivity (Wildman–Crippen MR) is 65.3 cm³/mol. The normalized spacial score (nSPS) is 26.9. The first-order valence-electron chi connectivity index (χ1n) is 6.23. The maximum absolute atomic E-state index is 12.0. The van der Waals surface area contributed by atoms with Crippen LogP contribution in [0.25, 0.3) is 0 Å². The van der Waals surface area contributed by atoms with E-state index in [-0.39, 0.29) is 18.1 Å². The molecule has 0 aliphatic carbocycles. The number of ether oxygens (including phenoxy) is 1. The Balaban J connectivity index is 2.46. The van der Waals surface area contributed by atoms with Crippen molar-refractivity contribution in [1.82, 2.24) is 4.90 Å². The highest BCUT2D eigenvalue weighted by molar-refractivity contribution is 5.77. The molecule has 3 heteroatoms. The third kappa shape index (κ3) is 4.12. The minimum absolute atomic E-state index is 0.133. The van der Waals surface area contributed by atoms with Crippen LogP contribution in [0.15, 0.2) is 0 Å². The number of carbonyl (C=O) groups excluding carboxylic acids is 1. The van der Waals surface area contributed by atoms with Crippen molar-refractivity contribution in [2.24, 2.45) is 5.92 Å². The predicted octanol–water partition coefficient (Wildman–Crippen LogP) is 2.45. The number of hydrogen-bond acceptors (Lipinski definition) is 2. The van der Waals surface area contributed by atoms with Gasteiger partial charge in [-0.05, 0) is 46.5 Å². The van der Waals surface area contributed by atoms with Crippen molar-refractivity contribution in [3.63, 3.8) is 0 Å². The van der Waals surface area contributed by atoms with Crippen molar-refractivity contribution in [3.8, 4) is 0 Å². The first-order valence-corrected chi connectivity index (χ1v) is 6.23. The zero-order chi connectivity index (χ0) is 12.3. The Hall–Kier alpha value is -0.570. The summed E-state index contributed by atoms with van der Waals surface area (Å²) in [7, 11) is 0. The fourth-order valence-electron chi connectivity index (χ4n) is 2.00. The molecule has 2 unspecified atom stereocenters. The number of carbonyl (C=O) groups is 1. The Kier molecular flexibility index (Phi) is 4.36. The molecule has 1 heterocycles. The molecule has 2 atom stereocenters. The van der Waals surface area contributed by atoms with Gasteiger partial charge < -0.3 is 9.64 Å². The molecule has 0 bridgehead atoms. The largest absolute Gasteiger partial charge is 0.366 e. The Morgan fingerprint density at radius 3 is 2.50 bits per heavy atom. The van der Waals surface area contributed by atoms with Crippen LogP contribution in [0, 0.1) is 5.92 Å². The molecule has 0 aromatic carbocycles. The molecule has 1 amide bonds. The van der Waals surface area contributed by atoms with Crippen LogP contribution in [0.2, 0.25) is 0 Å². The Morgan fingerprint density at radius 1 is 1.31 bits per heavy atom. The van der Waals surface area contributed by atoms with Gasteiger partial charge in [-0.15, -0.1) is 0 Å². The van der Waals surface area contributed by atoms with Crippen molar-refractivity contribution in [1.29, 1.82) is 0 Å². The van der Waals surface area contributed by atoms with Crippen molar-refractivity contribution >= 4 is 5.91 Å².